The Hall–Kier alpha value is -3.40. The van der Waals surface area contributed by atoms with Crippen LogP contribution in [0.2, 0.25) is 5.15 Å². The molecule has 2 N–H and O–H groups in total. The molecule has 2 amide bonds. The van der Waals surface area contributed by atoms with Crippen molar-refractivity contribution in [2.45, 2.75) is 32.4 Å². The number of rotatable bonds is 6. The predicted molar refractivity (Wildman–Crippen MR) is 109 cm³/mol. The monoisotopic (exact) mass is 467 g/mol. The third-order valence-electron chi connectivity index (χ3n) is 5.00. The Morgan fingerprint density at radius 2 is 1.75 bits per heavy atom. The summed E-state index contributed by atoms with van der Waals surface area (Å²) in [5, 5.41) is 9.38. The molecule has 0 bridgehead atoms. The number of aryl methyl sites for hydroxylation is 1. The zero-order chi connectivity index (χ0) is 23.8. The number of hydrogen-bond donors (Lipinski definition) is 2. The van der Waals surface area contributed by atoms with E-state index in [0.29, 0.717) is 16.6 Å². The van der Waals surface area contributed by atoms with Crippen molar-refractivity contribution >= 4 is 35.2 Å². The number of pyridine rings is 1. The Bertz CT molecular complexity index is 1130. The largest absolute Gasteiger partial charge is 0.481 e. The number of carbonyl (C=O) groups is 3. The molecule has 11 heteroatoms. The molecule has 1 aromatic heterocycles. The maximum Gasteiger partial charge on any atom is 0.419 e. The molecule has 3 rings (SSSR count). The van der Waals surface area contributed by atoms with Crippen molar-refractivity contribution in [1.82, 2.24) is 9.99 Å². The zero-order valence-electron chi connectivity index (χ0n) is 16.8. The van der Waals surface area contributed by atoms with Crippen LogP contribution in [0.3, 0.4) is 0 Å². The van der Waals surface area contributed by atoms with Gasteiger partial charge < -0.3 is 5.11 Å². The number of carboxylic acid groups (broad SMARTS) is 1. The number of imide groups is 1. The summed E-state index contributed by atoms with van der Waals surface area (Å²) in [4.78, 5) is 40.8. The van der Waals surface area contributed by atoms with Gasteiger partial charge in [-0.15, -0.1) is 0 Å². The average molecular weight is 468 g/mol. The van der Waals surface area contributed by atoms with E-state index in [0.717, 1.165) is 11.6 Å². The van der Waals surface area contributed by atoms with Gasteiger partial charge in [0, 0.05) is 11.1 Å². The van der Waals surface area contributed by atoms with Gasteiger partial charge in [0.15, 0.2) is 0 Å². The average Bonchev–Trinajstić information content (AvgIpc) is 2.89. The molecule has 2 heterocycles. The Morgan fingerprint density at radius 3 is 2.28 bits per heavy atom. The van der Waals surface area contributed by atoms with Crippen LogP contribution in [0.25, 0.3) is 0 Å². The van der Waals surface area contributed by atoms with Crippen LogP contribution in [0.1, 0.15) is 36.0 Å². The molecule has 168 valence electrons. The van der Waals surface area contributed by atoms with Crippen LogP contribution < -0.4 is 5.43 Å². The fourth-order valence-corrected chi connectivity index (χ4v) is 3.46. The molecule has 1 aromatic carbocycles. The summed E-state index contributed by atoms with van der Waals surface area (Å²) >= 11 is 5.58. The van der Waals surface area contributed by atoms with Gasteiger partial charge in [0.2, 0.25) is 0 Å². The van der Waals surface area contributed by atoms with E-state index < -0.39 is 40.6 Å². The molecule has 0 spiro atoms. The first-order valence-corrected chi connectivity index (χ1v) is 9.66. The number of benzene rings is 1. The van der Waals surface area contributed by atoms with Crippen molar-refractivity contribution in [3.05, 3.63) is 69.4 Å². The maximum absolute atomic E-state index is 12.8. The number of aromatic nitrogens is 1. The van der Waals surface area contributed by atoms with Gasteiger partial charge in [0.1, 0.15) is 11.0 Å². The number of carbonyl (C=O) groups excluding carboxylic acids is 2. The molecule has 0 aliphatic carbocycles. The molecular formula is C21H17ClF3N3O4. The van der Waals surface area contributed by atoms with Gasteiger partial charge in [-0.2, -0.15) is 18.2 Å². The lowest BCUT2D eigenvalue weighted by molar-refractivity contribution is -0.139. The van der Waals surface area contributed by atoms with Crippen LogP contribution in [0.15, 0.2) is 47.5 Å². The van der Waals surface area contributed by atoms with Gasteiger partial charge in [0.05, 0.1) is 11.5 Å². The molecule has 1 aliphatic rings. The first kappa shape index (κ1) is 23.3. The number of nitrogens with zero attached hydrogens (tertiary/aromatic N) is 2. The number of halogens is 4. The number of aliphatic carboxylic acids is 1. The fraction of sp³-hybridized carbons (Fsp3) is 0.238. The molecule has 1 atom stereocenters. The van der Waals surface area contributed by atoms with E-state index in [9.17, 15) is 32.7 Å². The highest BCUT2D eigenvalue weighted by molar-refractivity contribution is 6.30. The van der Waals surface area contributed by atoms with Crippen molar-refractivity contribution in [2.24, 2.45) is 0 Å². The summed E-state index contributed by atoms with van der Waals surface area (Å²) in [6.07, 6.45) is -4.96. The highest BCUT2D eigenvalue weighted by Crippen LogP contribution is 2.35. The molecule has 32 heavy (non-hydrogen) atoms. The minimum Gasteiger partial charge on any atom is -0.481 e. The van der Waals surface area contributed by atoms with E-state index in [1.54, 1.807) is 24.3 Å². The Balaban J connectivity index is 1.83. The molecular weight excluding hydrogens is 451 g/mol. The van der Waals surface area contributed by atoms with Crippen molar-refractivity contribution in [3.63, 3.8) is 0 Å². The van der Waals surface area contributed by atoms with Crippen LogP contribution in [0.4, 0.5) is 19.0 Å². The second-order valence-electron chi connectivity index (χ2n) is 7.20. The Kier molecular flexibility index (Phi) is 6.27. The van der Waals surface area contributed by atoms with E-state index in [4.69, 9.17) is 11.6 Å². The molecule has 1 aliphatic heterocycles. The fourth-order valence-electron chi connectivity index (χ4n) is 3.20. The zero-order valence-corrected chi connectivity index (χ0v) is 17.6. The maximum atomic E-state index is 12.8. The van der Waals surface area contributed by atoms with Gasteiger partial charge in [-0.25, -0.2) is 4.98 Å². The van der Waals surface area contributed by atoms with Crippen molar-refractivity contribution in [2.75, 3.05) is 5.43 Å². The third kappa shape index (κ3) is 4.59. The van der Waals surface area contributed by atoms with E-state index in [1.807, 2.05) is 6.92 Å². The first-order valence-electron chi connectivity index (χ1n) is 9.28. The van der Waals surface area contributed by atoms with Crippen molar-refractivity contribution < 1.29 is 32.7 Å². The molecule has 7 nitrogen and oxygen atoms in total. The van der Waals surface area contributed by atoms with Crippen LogP contribution in [-0.2, 0) is 20.6 Å². The lowest BCUT2D eigenvalue weighted by atomic mass is 9.90. The summed E-state index contributed by atoms with van der Waals surface area (Å²) in [5.74, 6) is -4.08. The minimum atomic E-state index is -4.71. The molecule has 0 saturated heterocycles. The SMILES string of the molecule is CC1=C(CC(C(=O)O)c2ccc(C)cc2)C(=O)N(Nc2ccc(C(F)(F)F)c(Cl)n2)C1=O. The van der Waals surface area contributed by atoms with E-state index >= 15 is 0 Å². The van der Waals surface area contributed by atoms with Gasteiger partial charge >= 0.3 is 12.1 Å². The van der Waals surface area contributed by atoms with E-state index in [2.05, 4.69) is 10.4 Å². The number of anilines is 1. The summed E-state index contributed by atoms with van der Waals surface area (Å²) in [7, 11) is 0. The van der Waals surface area contributed by atoms with Crippen LogP contribution in [0, 0.1) is 6.92 Å². The second-order valence-corrected chi connectivity index (χ2v) is 7.56. The molecule has 0 saturated carbocycles. The summed E-state index contributed by atoms with van der Waals surface area (Å²) in [6, 6.07) is 8.34. The first-order chi connectivity index (χ1) is 14.9. The summed E-state index contributed by atoms with van der Waals surface area (Å²) < 4.78 is 38.5. The smallest absolute Gasteiger partial charge is 0.419 e. The van der Waals surface area contributed by atoms with Gasteiger partial charge in [0.25, 0.3) is 11.8 Å². The number of carboxylic acids is 1. The lowest BCUT2D eigenvalue weighted by Crippen LogP contribution is -2.37. The number of nitrogens with one attached hydrogen (secondary N) is 1. The van der Waals surface area contributed by atoms with Gasteiger partial charge in [-0.1, -0.05) is 41.4 Å². The van der Waals surface area contributed by atoms with Crippen LogP contribution in [-0.4, -0.2) is 32.9 Å². The molecule has 1 unspecified atom stereocenters. The van der Waals surface area contributed by atoms with Crippen molar-refractivity contribution in [3.8, 4) is 0 Å². The topological polar surface area (TPSA) is 99.6 Å². The van der Waals surface area contributed by atoms with Crippen molar-refractivity contribution in [1.29, 1.82) is 0 Å². The quantitative estimate of drug-likeness (QED) is 0.484. The number of amides is 2. The molecule has 0 radical (unpaired) electrons. The normalized spacial score (nSPS) is 15.4. The Morgan fingerprint density at radius 1 is 1.12 bits per heavy atom. The highest BCUT2D eigenvalue weighted by atomic mass is 35.5. The van der Waals surface area contributed by atoms with Crippen LogP contribution in [0.5, 0.6) is 0 Å². The number of hydrazine groups is 1. The minimum absolute atomic E-state index is 0.0199. The molecule has 0 fully saturated rings. The van der Waals surface area contributed by atoms with E-state index in [1.165, 1.54) is 6.92 Å². The Labute approximate surface area is 185 Å². The predicted octanol–water partition coefficient (Wildman–Crippen LogP) is 4.33. The summed E-state index contributed by atoms with van der Waals surface area (Å²) in [6.45, 7) is 3.22. The standard InChI is InChI=1S/C21H17ClF3N3O4/c1-10-3-5-12(6-4-10)14(20(31)32)9-13-11(2)18(29)28(19(13)30)27-16-8-7-15(17(22)26-16)21(23,24)25/h3-8,14H,9H2,1-2H3,(H,26,27)(H,31,32). The number of alkyl halides is 3. The molecule has 2 aromatic rings. The third-order valence-corrected chi connectivity index (χ3v) is 5.29. The second kappa shape index (κ2) is 8.62. The van der Waals surface area contributed by atoms with Gasteiger partial charge in [-0.05, 0) is 38.0 Å². The number of hydrogen-bond acceptors (Lipinski definition) is 5. The summed E-state index contributed by atoms with van der Waals surface area (Å²) in [5.41, 5.74) is 2.59. The lowest BCUT2D eigenvalue weighted by Gasteiger charge is -2.18. The van der Waals surface area contributed by atoms with E-state index in [-0.39, 0.29) is 23.4 Å². The van der Waals surface area contributed by atoms with Gasteiger partial charge in [-0.3, -0.25) is 19.8 Å². The highest BCUT2D eigenvalue weighted by Gasteiger charge is 2.39. The van der Waals surface area contributed by atoms with Crippen LogP contribution >= 0.6 is 11.6 Å².